The highest BCUT2D eigenvalue weighted by atomic mass is 35.5. The molecule has 7 heteroatoms. The average Bonchev–Trinajstić information content (AvgIpc) is 2.33. The van der Waals surface area contributed by atoms with Gasteiger partial charge < -0.3 is 15.2 Å². The van der Waals surface area contributed by atoms with E-state index >= 15 is 0 Å². The van der Waals surface area contributed by atoms with Crippen molar-refractivity contribution in [3.63, 3.8) is 0 Å². The van der Waals surface area contributed by atoms with Crippen LogP contribution < -0.4 is 5.73 Å². The average molecular weight is 308 g/mol. The second kappa shape index (κ2) is 7.69. The molecule has 0 atom stereocenters. The molecule has 1 aromatic carbocycles. The predicted molar refractivity (Wildman–Crippen MR) is 75.2 cm³/mol. The number of nitrogens with two attached hydrogens (primary N) is 1. The van der Waals surface area contributed by atoms with Crippen molar-refractivity contribution in [1.29, 1.82) is 0 Å². The van der Waals surface area contributed by atoms with Crippen molar-refractivity contribution in [3.8, 4) is 0 Å². The van der Waals surface area contributed by atoms with E-state index in [2.05, 4.69) is 0 Å². The Balaban J connectivity index is 2.52. The van der Waals surface area contributed by atoms with Crippen LogP contribution in [0.3, 0.4) is 0 Å². The van der Waals surface area contributed by atoms with Crippen molar-refractivity contribution in [2.24, 2.45) is 0 Å². The molecule has 108 valence electrons. The lowest BCUT2D eigenvalue weighted by molar-refractivity contribution is 0.112. The molecule has 0 fully saturated rings. The molecule has 0 aliphatic rings. The molecular weight excluding hydrogens is 290 g/mol. The fourth-order valence-corrected chi connectivity index (χ4v) is 3.19. The van der Waals surface area contributed by atoms with Crippen molar-refractivity contribution in [2.75, 3.05) is 38.4 Å². The Bertz CT molecular complexity index is 504. The van der Waals surface area contributed by atoms with Crippen molar-refractivity contribution < 1.29 is 17.9 Å². The molecule has 0 saturated heterocycles. The van der Waals surface area contributed by atoms with E-state index in [0.717, 1.165) is 6.42 Å². The molecule has 2 N–H and O–H groups in total. The van der Waals surface area contributed by atoms with E-state index in [1.807, 2.05) is 0 Å². The van der Waals surface area contributed by atoms with Crippen LogP contribution >= 0.6 is 11.6 Å². The molecule has 0 aromatic heterocycles. The lowest BCUT2D eigenvalue weighted by atomic mass is 10.3. The molecule has 0 amide bonds. The van der Waals surface area contributed by atoms with Crippen LogP contribution in [0.1, 0.15) is 6.42 Å². The molecule has 0 bridgehead atoms. The number of methoxy groups -OCH3 is 1. The van der Waals surface area contributed by atoms with Gasteiger partial charge in [-0.3, -0.25) is 0 Å². The lowest BCUT2D eigenvalue weighted by Gasteiger charge is -2.08. The molecule has 19 heavy (non-hydrogen) atoms. The van der Waals surface area contributed by atoms with Gasteiger partial charge in [-0.2, -0.15) is 0 Å². The normalized spacial score (nSPS) is 11.7. The molecule has 0 radical (unpaired) electrons. The van der Waals surface area contributed by atoms with Gasteiger partial charge in [0.15, 0.2) is 9.84 Å². The molecule has 0 aliphatic heterocycles. The Morgan fingerprint density at radius 1 is 1.26 bits per heavy atom. The highest BCUT2D eigenvalue weighted by Crippen LogP contribution is 2.24. The summed E-state index contributed by atoms with van der Waals surface area (Å²) >= 11 is 5.88. The van der Waals surface area contributed by atoms with Gasteiger partial charge in [0.25, 0.3) is 0 Å². The van der Waals surface area contributed by atoms with Gasteiger partial charge in [0.2, 0.25) is 0 Å². The maximum atomic E-state index is 12.0. The van der Waals surface area contributed by atoms with Crippen LogP contribution in [0.15, 0.2) is 23.1 Å². The first-order chi connectivity index (χ1) is 8.97. The van der Waals surface area contributed by atoms with Gasteiger partial charge in [-0.05, 0) is 24.6 Å². The number of benzene rings is 1. The zero-order valence-electron chi connectivity index (χ0n) is 10.8. The second-order valence-electron chi connectivity index (χ2n) is 3.97. The minimum atomic E-state index is -3.44. The molecule has 0 aliphatic carbocycles. The van der Waals surface area contributed by atoms with Crippen molar-refractivity contribution in [3.05, 3.63) is 23.2 Å². The summed E-state index contributed by atoms with van der Waals surface area (Å²) in [5, 5.41) is 0.138. The monoisotopic (exact) mass is 307 g/mol. The standard InChI is InChI=1S/C12H18ClNO4S/c1-17-5-2-6-18-7-8-19(15,16)12-4-3-10(14)9-11(12)13/h3-4,9H,2,5-8,14H2,1H3. The van der Waals surface area contributed by atoms with E-state index in [-0.39, 0.29) is 22.3 Å². The Kier molecular flexibility index (Phi) is 6.57. The molecule has 1 aromatic rings. The SMILES string of the molecule is COCCCOCCS(=O)(=O)c1ccc(N)cc1Cl. The predicted octanol–water partition coefficient (Wildman–Crippen LogP) is 1.75. The first-order valence-electron chi connectivity index (χ1n) is 5.82. The van der Waals surface area contributed by atoms with Crippen LogP contribution in [0, 0.1) is 0 Å². The minimum absolute atomic E-state index is 0.0869. The van der Waals surface area contributed by atoms with Crippen LogP contribution in [0.4, 0.5) is 5.69 Å². The highest BCUT2D eigenvalue weighted by molar-refractivity contribution is 7.91. The number of anilines is 1. The van der Waals surface area contributed by atoms with Crippen LogP contribution in [-0.2, 0) is 19.3 Å². The Morgan fingerprint density at radius 2 is 2.00 bits per heavy atom. The van der Waals surface area contributed by atoms with Gasteiger partial charge >= 0.3 is 0 Å². The maximum Gasteiger partial charge on any atom is 0.182 e. The van der Waals surface area contributed by atoms with Gasteiger partial charge in [-0.25, -0.2) is 8.42 Å². The first kappa shape index (κ1) is 16.2. The maximum absolute atomic E-state index is 12.0. The van der Waals surface area contributed by atoms with Crippen LogP contribution in [0.25, 0.3) is 0 Å². The van der Waals surface area contributed by atoms with Crippen LogP contribution in [0.2, 0.25) is 5.02 Å². The van der Waals surface area contributed by atoms with Gasteiger partial charge in [0.05, 0.1) is 22.3 Å². The number of hydrogen-bond acceptors (Lipinski definition) is 5. The smallest absolute Gasteiger partial charge is 0.182 e. The minimum Gasteiger partial charge on any atom is -0.399 e. The zero-order chi connectivity index (χ0) is 14.3. The number of hydrogen-bond donors (Lipinski definition) is 1. The van der Waals surface area contributed by atoms with Crippen molar-refractivity contribution >= 4 is 27.1 Å². The van der Waals surface area contributed by atoms with E-state index in [0.29, 0.717) is 18.9 Å². The third-order valence-electron chi connectivity index (χ3n) is 2.42. The number of nitrogen functional groups attached to an aromatic ring is 1. The largest absolute Gasteiger partial charge is 0.399 e. The Morgan fingerprint density at radius 3 is 2.63 bits per heavy atom. The van der Waals surface area contributed by atoms with Gasteiger partial charge in [-0.1, -0.05) is 11.6 Å². The molecule has 5 nitrogen and oxygen atoms in total. The number of halogens is 1. The van der Waals surface area contributed by atoms with Crippen LogP contribution in [-0.4, -0.2) is 41.1 Å². The van der Waals surface area contributed by atoms with E-state index < -0.39 is 9.84 Å². The Hall–Kier alpha value is -0.820. The lowest BCUT2D eigenvalue weighted by Crippen LogP contribution is -2.14. The van der Waals surface area contributed by atoms with E-state index in [1.54, 1.807) is 7.11 Å². The molecule has 0 unspecified atom stereocenters. The molecule has 0 saturated carbocycles. The third-order valence-corrected chi connectivity index (χ3v) is 4.58. The summed E-state index contributed by atoms with van der Waals surface area (Å²) < 4.78 is 34.1. The number of sulfone groups is 1. The molecular formula is C12H18ClNO4S. The second-order valence-corrected chi connectivity index (χ2v) is 6.45. The highest BCUT2D eigenvalue weighted by Gasteiger charge is 2.17. The summed E-state index contributed by atoms with van der Waals surface area (Å²) in [5.41, 5.74) is 5.95. The fraction of sp³-hybridized carbons (Fsp3) is 0.500. The van der Waals surface area contributed by atoms with E-state index in [9.17, 15) is 8.42 Å². The quantitative estimate of drug-likeness (QED) is 0.585. The van der Waals surface area contributed by atoms with E-state index in [1.165, 1.54) is 18.2 Å². The summed E-state index contributed by atoms with van der Waals surface area (Å²) in [6, 6.07) is 4.35. The molecule has 0 spiro atoms. The van der Waals surface area contributed by atoms with Gasteiger partial charge in [0, 0.05) is 26.0 Å². The summed E-state index contributed by atoms with van der Waals surface area (Å²) in [5.74, 6) is -0.108. The van der Waals surface area contributed by atoms with Gasteiger partial charge in [0.1, 0.15) is 0 Å². The third kappa shape index (κ3) is 5.36. The zero-order valence-corrected chi connectivity index (χ0v) is 12.3. The fourth-order valence-electron chi connectivity index (χ4n) is 1.46. The van der Waals surface area contributed by atoms with Crippen molar-refractivity contribution in [1.82, 2.24) is 0 Å². The van der Waals surface area contributed by atoms with Crippen LogP contribution in [0.5, 0.6) is 0 Å². The summed E-state index contributed by atoms with van der Waals surface area (Å²) in [4.78, 5) is 0.0869. The summed E-state index contributed by atoms with van der Waals surface area (Å²) in [6.07, 6.45) is 0.735. The first-order valence-corrected chi connectivity index (χ1v) is 7.85. The van der Waals surface area contributed by atoms with Gasteiger partial charge in [-0.15, -0.1) is 0 Å². The topological polar surface area (TPSA) is 78.6 Å². The van der Waals surface area contributed by atoms with E-state index in [4.69, 9.17) is 26.8 Å². The number of ether oxygens (including phenoxy) is 2. The van der Waals surface area contributed by atoms with Crippen molar-refractivity contribution in [2.45, 2.75) is 11.3 Å². The molecule has 0 heterocycles. The summed E-state index contributed by atoms with van der Waals surface area (Å²) in [7, 11) is -1.84. The summed E-state index contributed by atoms with van der Waals surface area (Å²) in [6.45, 7) is 1.20. The number of rotatable bonds is 8. The Labute approximate surface area is 118 Å². The molecule has 1 rings (SSSR count).